The van der Waals surface area contributed by atoms with Crippen molar-refractivity contribution in [2.45, 2.75) is 45.4 Å². The fraction of sp³-hybridized carbons (Fsp3) is 0.522. The maximum absolute atomic E-state index is 13.4. The van der Waals surface area contributed by atoms with Crippen LogP contribution in [0.25, 0.3) is 16.9 Å². The van der Waals surface area contributed by atoms with E-state index in [0.29, 0.717) is 67.6 Å². The summed E-state index contributed by atoms with van der Waals surface area (Å²) >= 11 is 0. The summed E-state index contributed by atoms with van der Waals surface area (Å²) in [5.74, 6) is 1.38. The molecule has 1 saturated heterocycles. The number of sulfonamides is 1. The van der Waals surface area contributed by atoms with Crippen LogP contribution in [0.15, 0.2) is 27.9 Å². The number of likely N-dealkylation sites (N-methyl/N-ethyl adjacent to an activating group) is 1. The van der Waals surface area contributed by atoms with E-state index in [4.69, 9.17) is 4.74 Å². The molecule has 200 valence electrons. The Labute approximate surface area is 217 Å². The summed E-state index contributed by atoms with van der Waals surface area (Å²) in [4.78, 5) is 22.6. The lowest BCUT2D eigenvalue weighted by atomic mass is 10.2. The number of benzene rings is 1. The standard InChI is InChI=1S/C23H32N6O4S.ClH.H2O/c1-5-8-20-24-16(4)21-23(30)25-22(26-29(20)21)18-15-17(9-10-19(18)33-7-3)34(31,32)28-13-11-27(6-2)12-14-28;;/h9-10,15H,5-8,11-14H2,1-4H3,(H,25,26,30);1H;1H2. The number of aryl methyl sites for hydroxylation is 2. The number of piperazine rings is 1. The van der Waals surface area contributed by atoms with Crippen molar-refractivity contribution in [2.24, 2.45) is 0 Å². The molecule has 0 spiro atoms. The summed E-state index contributed by atoms with van der Waals surface area (Å²) in [5, 5.41) is 4.65. The summed E-state index contributed by atoms with van der Waals surface area (Å²) in [7, 11) is -3.71. The highest BCUT2D eigenvalue weighted by Gasteiger charge is 2.29. The van der Waals surface area contributed by atoms with Gasteiger partial charge in [0, 0.05) is 32.6 Å². The Morgan fingerprint density at radius 3 is 2.42 bits per heavy atom. The van der Waals surface area contributed by atoms with Gasteiger partial charge in [0.15, 0.2) is 11.3 Å². The molecule has 0 saturated carbocycles. The zero-order chi connectivity index (χ0) is 24.5. The van der Waals surface area contributed by atoms with Gasteiger partial charge in [-0.25, -0.2) is 17.9 Å². The first kappa shape index (κ1) is 29.7. The average molecular weight is 543 g/mol. The zero-order valence-corrected chi connectivity index (χ0v) is 22.7. The summed E-state index contributed by atoms with van der Waals surface area (Å²) in [6, 6.07) is 4.72. The number of imidazole rings is 1. The third-order valence-electron chi connectivity index (χ3n) is 6.14. The van der Waals surface area contributed by atoms with E-state index in [2.05, 4.69) is 26.9 Å². The molecule has 1 fully saturated rings. The predicted molar refractivity (Wildman–Crippen MR) is 141 cm³/mol. The molecule has 11 nitrogen and oxygen atoms in total. The first-order chi connectivity index (χ1) is 16.3. The van der Waals surface area contributed by atoms with Crippen LogP contribution < -0.4 is 10.3 Å². The average Bonchev–Trinajstić information content (AvgIpc) is 3.15. The number of aromatic amines is 1. The van der Waals surface area contributed by atoms with Gasteiger partial charge in [-0.15, -0.1) is 17.5 Å². The molecule has 0 bridgehead atoms. The second-order valence-corrected chi connectivity index (χ2v) is 10.3. The lowest BCUT2D eigenvalue weighted by Gasteiger charge is -2.33. The van der Waals surface area contributed by atoms with Crippen molar-refractivity contribution in [1.29, 1.82) is 0 Å². The molecule has 3 aromatic rings. The number of nitrogens with zero attached hydrogens (tertiary/aromatic N) is 5. The number of halogens is 1. The molecule has 0 radical (unpaired) electrons. The van der Waals surface area contributed by atoms with E-state index >= 15 is 0 Å². The minimum absolute atomic E-state index is 0. The van der Waals surface area contributed by atoms with Crippen molar-refractivity contribution in [1.82, 2.24) is 28.8 Å². The van der Waals surface area contributed by atoms with E-state index < -0.39 is 10.0 Å². The van der Waals surface area contributed by atoms with Crippen molar-refractivity contribution in [3.8, 4) is 17.1 Å². The van der Waals surface area contributed by atoms with E-state index in [1.165, 1.54) is 4.31 Å². The molecule has 13 heteroatoms. The Kier molecular flexibility index (Phi) is 10.0. The molecule has 3 N–H and O–H groups in total. The maximum atomic E-state index is 13.4. The highest BCUT2D eigenvalue weighted by Crippen LogP contribution is 2.31. The van der Waals surface area contributed by atoms with Gasteiger partial charge in [-0.1, -0.05) is 13.8 Å². The van der Waals surface area contributed by atoms with Crippen molar-refractivity contribution in [3.63, 3.8) is 0 Å². The summed E-state index contributed by atoms with van der Waals surface area (Å²) in [6.07, 6.45) is 1.52. The molecule has 0 aliphatic carbocycles. The molecular weight excluding hydrogens is 508 g/mol. The molecular formula is C23H35ClN6O5S. The minimum Gasteiger partial charge on any atom is -0.493 e. The Morgan fingerprint density at radius 1 is 1.11 bits per heavy atom. The summed E-state index contributed by atoms with van der Waals surface area (Å²) in [5.41, 5.74) is 1.09. The van der Waals surface area contributed by atoms with Crippen molar-refractivity contribution in [3.05, 3.63) is 40.1 Å². The van der Waals surface area contributed by atoms with Gasteiger partial charge in [0.1, 0.15) is 11.6 Å². The highest BCUT2D eigenvalue weighted by atomic mass is 35.5. The van der Waals surface area contributed by atoms with Gasteiger partial charge in [-0.3, -0.25) is 4.79 Å². The van der Waals surface area contributed by atoms with Gasteiger partial charge in [-0.2, -0.15) is 4.31 Å². The van der Waals surface area contributed by atoms with Crippen molar-refractivity contribution in [2.75, 3.05) is 39.3 Å². The second-order valence-electron chi connectivity index (χ2n) is 8.36. The monoisotopic (exact) mass is 542 g/mol. The van der Waals surface area contributed by atoms with Crippen LogP contribution in [0.4, 0.5) is 0 Å². The third-order valence-corrected chi connectivity index (χ3v) is 8.03. The first-order valence-electron chi connectivity index (χ1n) is 11.8. The predicted octanol–water partition coefficient (Wildman–Crippen LogP) is 1.67. The first-order valence-corrected chi connectivity index (χ1v) is 13.2. The largest absolute Gasteiger partial charge is 0.493 e. The Hall–Kier alpha value is -2.51. The summed E-state index contributed by atoms with van der Waals surface area (Å²) < 4.78 is 35.7. The molecule has 36 heavy (non-hydrogen) atoms. The van der Waals surface area contributed by atoms with E-state index in [9.17, 15) is 13.2 Å². The van der Waals surface area contributed by atoms with E-state index in [0.717, 1.165) is 13.0 Å². The van der Waals surface area contributed by atoms with Crippen molar-refractivity contribution >= 4 is 27.9 Å². The normalized spacial score (nSPS) is 14.9. The Balaban J connectivity index is 0.00000228. The fourth-order valence-electron chi connectivity index (χ4n) is 4.31. The number of ether oxygens (including phenoxy) is 1. The third kappa shape index (κ3) is 5.57. The number of hydrogen-bond donors (Lipinski definition) is 1. The zero-order valence-electron chi connectivity index (χ0n) is 21.1. The molecule has 0 amide bonds. The number of H-pyrrole nitrogens is 1. The van der Waals surface area contributed by atoms with Gasteiger partial charge in [0.2, 0.25) is 10.0 Å². The number of aromatic nitrogens is 4. The fourth-order valence-corrected chi connectivity index (χ4v) is 5.76. The SMILES string of the molecule is CCCc1nc(C)c2c(=O)[nH]c(-c3cc(S(=O)(=O)N4CCN(CC)CC4)ccc3OCC)nn12.Cl.O. The number of fused-ring (bicyclic) bond motifs is 1. The molecule has 0 atom stereocenters. The smallest absolute Gasteiger partial charge is 0.277 e. The minimum atomic E-state index is -3.71. The highest BCUT2D eigenvalue weighted by molar-refractivity contribution is 7.89. The molecule has 1 aromatic carbocycles. The molecule has 0 unspecified atom stereocenters. The topological polar surface area (TPSA) is 144 Å². The van der Waals surface area contributed by atoms with E-state index in [1.807, 2.05) is 13.8 Å². The molecule has 1 aliphatic heterocycles. The van der Waals surface area contributed by atoms with Gasteiger partial charge in [0.05, 0.1) is 22.8 Å². The van der Waals surface area contributed by atoms with E-state index in [1.54, 1.807) is 29.6 Å². The van der Waals surface area contributed by atoms with Crippen molar-refractivity contribution < 1.29 is 18.6 Å². The van der Waals surface area contributed by atoms with Crippen LogP contribution in [0.5, 0.6) is 5.75 Å². The molecule has 2 aromatic heterocycles. The van der Waals surface area contributed by atoms with Gasteiger partial charge >= 0.3 is 0 Å². The van der Waals surface area contributed by atoms with Crippen LogP contribution in [-0.4, -0.2) is 82.0 Å². The second kappa shape index (κ2) is 12.2. The lowest BCUT2D eigenvalue weighted by molar-refractivity contribution is 0.196. The quantitative estimate of drug-likeness (QED) is 0.455. The van der Waals surface area contributed by atoms with Crippen LogP contribution in [-0.2, 0) is 16.4 Å². The molecule has 3 heterocycles. The number of hydrogen-bond acceptors (Lipinski definition) is 7. The molecule has 4 rings (SSSR count). The maximum Gasteiger partial charge on any atom is 0.277 e. The van der Waals surface area contributed by atoms with E-state index in [-0.39, 0.29) is 34.2 Å². The number of rotatable bonds is 8. The Bertz CT molecular complexity index is 1350. The Morgan fingerprint density at radius 2 is 1.81 bits per heavy atom. The number of nitrogens with one attached hydrogen (secondary N) is 1. The van der Waals surface area contributed by atoms with Crippen LogP contribution in [0, 0.1) is 6.92 Å². The lowest BCUT2D eigenvalue weighted by Crippen LogP contribution is -2.48. The summed E-state index contributed by atoms with van der Waals surface area (Å²) in [6.45, 7) is 11.3. The van der Waals surface area contributed by atoms with Crippen LogP contribution in [0.3, 0.4) is 0 Å². The van der Waals surface area contributed by atoms with Crippen LogP contribution >= 0.6 is 12.4 Å². The van der Waals surface area contributed by atoms with Crippen LogP contribution in [0.2, 0.25) is 0 Å². The van der Waals surface area contributed by atoms with Gasteiger partial charge in [0.25, 0.3) is 5.56 Å². The van der Waals surface area contributed by atoms with Gasteiger partial charge < -0.3 is 20.1 Å². The molecule has 1 aliphatic rings. The van der Waals surface area contributed by atoms with Crippen LogP contribution in [0.1, 0.15) is 38.7 Å². The van der Waals surface area contributed by atoms with Gasteiger partial charge in [-0.05, 0) is 45.0 Å².